The highest BCUT2D eigenvalue weighted by molar-refractivity contribution is 5.76. The summed E-state index contributed by atoms with van der Waals surface area (Å²) in [5.74, 6) is -0.126. The van der Waals surface area contributed by atoms with Crippen molar-refractivity contribution in [1.82, 2.24) is 5.32 Å². The van der Waals surface area contributed by atoms with Crippen molar-refractivity contribution in [3.05, 3.63) is 24.3 Å². The van der Waals surface area contributed by atoms with Crippen LogP contribution >= 0.6 is 0 Å². The van der Waals surface area contributed by atoms with Crippen molar-refractivity contribution < 1.29 is 24.5 Å². The lowest BCUT2D eigenvalue weighted by molar-refractivity contribution is -0.143. The smallest absolute Gasteiger partial charge is 0.305 e. The summed E-state index contributed by atoms with van der Waals surface area (Å²) in [4.78, 5) is 24.5. The number of hydrogen-bond donors (Lipinski definition) is 3. The van der Waals surface area contributed by atoms with E-state index < -0.39 is 12.1 Å². The normalized spacial score (nSPS) is 12.8. The van der Waals surface area contributed by atoms with Gasteiger partial charge in [0.05, 0.1) is 25.4 Å². The number of esters is 1. The van der Waals surface area contributed by atoms with E-state index in [9.17, 15) is 19.8 Å². The Balaban J connectivity index is 3.55. The lowest BCUT2D eigenvalue weighted by atomic mass is 10.0. The van der Waals surface area contributed by atoms with Crippen LogP contribution < -0.4 is 5.32 Å². The van der Waals surface area contributed by atoms with Gasteiger partial charge in [-0.25, -0.2) is 0 Å². The molecule has 2 atom stereocenters. The quantitative estimate of drug-likeness (QED) is 0.0322. The summed E-state index contributed by atoms with van der Waals surface area (Å²) in [5, 5.41) is 23.1. The Morgan fingerprint density at radius 1 is 0.450 bits per heavy atom. The molecule has 0 saturated heterocycles. The topological polar surface area (TPSA) is 95.9 Å². The van der Waals surface area contributed by atoms with Gasteiger partial charge in [0.25, 0.3) is 0 Å². The Morgan fingerprint density at radius 3 is 1.18 bits per heavy atom. The van der Waals surface area contributed by atoms with E-state index in [1.807, 2.05) is 6.08 Å². The van der Waals surface area contributed by atoms with E-state index >= 15 is 0 Å². The molecule has 0 aromatic heterocycles. The van der Waals surface area contributed by atoms with E-state index in [4.69, 9.17) is 4.74 Å². The van der Waals surface area contributed by atoms with Crippen LogP contribution in [0.15, 0.2) is 24.3 Å². The fraction of sp³-hybridized carbons (Fsp3) is 0.889. The number of carbonyl (C=O) groups excluding carboxylic acids is 2. The largest absolute Gasteiger partial charge is 0.466 e. The molecule has 0 aliphatic heterocycles. The molecule has 0 saturated carbocycles. The van der Waals surface area contributed by atoms with Crippen LogP contribution in [0.3, 0.4) is 0 Å². The second kappa shape index (κ2) is 50.0. The molecule has 0 heterocycles. The first kappa shape index (κ1) is 58.3. The molecule has 0 bridgehead atoms. The Morgan fingerprint density at radius 2 is 0.783 bits per heavy atom. The van der Waals surface area contributed by atoms with Gasteiger partial charge in [-0.2, -0.15) is 0 Å². The van der Waals surface area contributed by atoms with Gasteiger partial charge in [0.1, 0.15) is 0 Å². The molecule has 0 aromatic rings. The highest BCUT2D eigenvalue weighted by atomic mass is 16.5. The minimum atomic E-state index is -0.862. The molecule has 0 aromatic carbocycles. The maximum Gasteiger partial charge on any atom is 0.305 e. The van der Waals surface area contributed by atoms with E-state index in [0.717, 1.165) is 83.5 Å². The van der Waals surface area contributed by atoms with Crippen LogP contribution in [0.25, 0.3) is 0 Å². The number of unbranched alkanes of at least 4 members (excludes halogenated alkanes) is 36. The predicted molar refractivity (Wildman–Crippen MR) is 260 cm³/mol. The van der Waals surface area contributed by atoms with Crippen molar-refractivity contribution in [3.8, 4) is 0 Å². The van der Waals surface area contributed by atoms with E-state index in [1.165, 1.54) is 173 Å². The molecule has 1 amide bonds. The zero-order chi connectivity index (χ0) is 43.7. The van der Waals surface area contributed by atoms with E-state index in [1.54, 1.807) is 6.08 Å². The molecule has 2 unspecified atom stereocenters. The zero-order valence-electron chi connectivity index (χ0n) is 40.2. The number of hydrogen-bond acceptors (Lipinski definition) is 5. The van der Waals surface area contributed by atoms with Crippen LogP contribution in [0, 0.1) is 0 Å². The van der Waals surface area contributed by atoms with Crippen LogP contribution in [-0.4, -0.2) is 47.4 Å². The van der Waals surface area contributed by atoms with Gasteiger partial charge in [0.2, 0.25) is 5.91 Å². The summed E-state index contributed by atoms with van der Waals surface area (Å²) in [5.41, 5.74) is 0. The molecule has 6 nitrogen and oxygen atoms in total. The van der Waals surface area contributed by atoms with Crippen molar-refractivity contribution in [2.45, 2.75) is 296 Å². The molecule has 0 spiro atoms. The monoisotopic (exact) mass is 846 g/mol. The lowest BCUT2D eigenvalue weighted by Gasteiger charge is -2.20. The Bertz CT molecular complexity index is 935. The number of aliphatic hydroxyl groups excluding tert-OH is 2. The van der Waals surface area contributed by atoms with Crippen LogP contribution in [0.1, 0.15) is 284 Å². The van der Waals surface area contributed by atoms with Gasteiger partial charge in [-0.3, -0.25) is 9.59 Å². The Hall–Kier alpha value is -1.66. The van der Waals surface area contributed by atoms with Gasteiger partial charge >= 0.3 is 5.97 Å². The van der Waals surface area contributed by atoms with E-state index in [-0.39, 0.29) is 18.5 Å². The zero-order valence-corrected chi connectivity index (χ0v) is 40.2. The molecule has 354 valence electrons. The van der Waals surface area contributed by atoms with Crippen molar-refractivity contribution >= 4 is 11.9 Å². The van der Waals surface area contributed by atoms with Gasteiger partial charge < -0.3 is 20.3 Å². The first-order valence-corrected chi connectivity index (χ1v) is 26.6. The summed E-state index contributed by atoms with van der Waals surface area (Å²) in [7, 11) is 0. The average Bonchev–Trinajstić information content (AvgIpc) is 3.25. The van der Waals surface area contributed by atoms with Crippen molar-refractivity contribution in [2.75, 3.05) is 13.2 Å². The molecule has 3 N–H and O–H groups in total. The minimum Gasteiger partial charge on any atom is -0.466 e. The van der Waals surface area contributed by atoms with Gasteiger partial charge in [0, 0.05) is 12.8 Å². The number of carbonyl (C=O) groups is 2. The summed E-state index contributed by atoms with van der Waals surface area (Å²) >= 11 is 0. The summed E-state index contributed by atoms with van der Waals surface area (Å²) in [6.07, 6.45) is 59.0. The molecule has 0 aliphatic carbocycles. The second-order valence-electron chi connectivity index (χ2n) is 18.2. The number of aliphatic hydroxyl groups is 2. The first-order valence-electron chi connectivity index (χ1n) is 26.6. The van der Waals surface area contributed by atoms with Crippen molar-refractivity contribution in [2.24, 2.45) is 0 Å². The van der Waals surface area contributed by atoms with Crippen molar-refractivity contribution in [1.29, 1.82) is 0 Å². The molecule has 0 aliphatic rings. The maximum atomic E-state index is 12.4. The fourth-order valence-corrected chi connectivity index (χ4v) is 8.10. The van der Waals surface area contributed by atoms with Crippen LogP contribution in [-0.2, 0) is 14.3 Å². The summed E-state index contributed by atoms with van der Waals surface area (Å²) in [6.45, 7) is 4.83. The van der Waals surface area contributed by atoms with Crippen LogP contribution in [0.2, 0.25) is 0 Å². The maximum absolute atomic E-state index is 12.4. The van der Waals surface area contributed by atoms with Crippen LogP contribution in [0.4, 0.5) is 0 Å². The Kier molecular flexibility index (Phi) is 48.6. The molecule has 6 heteroatoms. The standard InChI is InChI=1S/C54H103NO5/c1-3-5-7-9-11-13-15-17-19-20-21-22-23-26-30-34-38-42-46-52(57)51(50-56)55-53(58)47-43-39-35-31-27-25-29-33-37-41-45-49-60-54(59)48-44-40-36-32-28-24-18-16-14-12-10-8-6-4-2/h29,33,42,46,51-52,56-57H,3-28,30-32,34-41,43-45,47-50H2,1-2H3,(H,55,58)/b33-29-,46-42+. The highest BCUT2D eigenvalue weighted by Gasteiger charge is 2.18. The predicted octanol–water partition coefficient (Wildman–Crippen LogP) is 15.9. The minimum absolute atomic E-state index is 0.0307. The third-order valence-corrected chi connectivity index (χ3v) is 12.2. The number of rotatable bonds is 49. The summed E-state index contributed by atoms with van der Waals surface area (Å²) < 4.78 is 5.44. The van der Waals surface area contributed by atoms with Gasteiger partial charge in [0.15, 0.2) is 0 Å². The third-order valence-electron chi connectivity index (χ3n) is 12.2. The number of nitrogens with one attached hydrogen (secondary N) is 1. The molecule has 0 fully saturated rings. The first-order chi connectivity index (χ1) is 29.5. The third kappa shape index (κ3) is 45.9. The van der Waals surface area contributed by atoms with E-state index in [2.05, 4.69) is 31.3 Å². The Labute approximate surface area is 373 Å². The number of amides is 1. The van der Waals surface area contributed by atoms with Gasteiger partial charge in [-0.15, -0.1) is 0 Å². The molecular formula is C54H103NO5. The average molecular weight is 846 g/mol. The lowest BCUT2D eigenvalue weighted by Crippen LogP contribution is -2.45. The SMILES string of the molecule is CCCCCCCCCCCCCCCCCC/C=C/C(O)C(CO)NC(=O)CCCCCCC/C=C\CCCCOC(=O)CCCCCCCCCCCCCCCC. The van der Waals surface area contributed by atoms with Crippen LogP contribution in [0.5, 0.6) is 0 Å². The highest BCUT2D eigenvalue weighted by Crippen LogP contribution is 2.16. The number of ether oxygens (including phenoxy) is 1. The van der Waals surface area contributed by atoms with Gasteiger partial charge in [-0.05, 0) is 57.8 Å². The molecule has 60 heavy (non-hydrogen) atoms. The summed E-state index contributed by atoms with van der Waals surface area (Å²) in [6, 6.07) is -0.648. The fourth-order valence-electron chi connectivity index (χ4n) is 8.10. The second-order valence-corrected chi connectivity index (χ2v) is 18.2. The van der Waals surface area contributed by atoms with Gasteiger partial charge in [-0.1, -0.05) is 237 Å². The molecular weight excluding hydrogens is 743 g/mol. The molecule has 0 radical (unpaired) electrons. The molecule has 0 rings (SSSR count). The van der Waals surface area contributed by atoms with E-state index in [0.29, 0.717) is 19.4 Å². The number of allylic oxidation sites excluding steroid dienone is 3. The van der Waals surface area contributed by atoms with Crippen molar-refractivity contribution in [3.63, 3.8) is 0 Å².